The maximum Gasteiger partial charge on any atom is 0.125 e. The summed E-state index contributed by atoms with van der Waals surface area (Å²) in [5, 5.41) is 4.69. The lowest BCUT2D eigenvalue weighted by molar-refractivity contribution is 0.409. The molecule has 4 N–H and O–H groups in total. The monoisotopic (exact) mass is 336 g/mol. The number of ether oxygens (including phenoxy) is 1. The third-order valence-corrected chi connectivity index (χ3v) is 6.11. The number of rotatable bonds is 1. The van der Waals surface area contributed by atoms with Crippen LogP contribution in [0.3, 0.4) is 0 Å². The molecule has 0 atom stereocenters. The Morgan fingerprint density at radius 3 is 1.28 bits per heavy atom. The number of nitrogens with two attached hydrogens (primary N) is 2. The molecule has 3 aromatic rings. The standard InChI is InChI=1S/C22H28N2O/c1-9-12(4)22(25-8)15(7)17-14(6)19-18(13(5)16(9)17)20(23)10(2)11(3)21(19)24/h23-24H2,1-8H3. The summed E-state index contributed by atoms with van der Waals surface area (Å²) in [6, 6.07) is 0. The molecule has 3 heteroatoms. The van der Waals surface area contributed by atoms with Gasteiger partial charge in [0.2, 0.25) is 0 Å². The first-order chi connectivity index (χ1) is 11.6. The SMILES string of the molecule is COc1c(C)c(C)c2c(C)c3c(N)c(C)c(C)c(N)c3c(C)c2c1C. The third-order valence-electron chi connectivity index (χ3n) is 6.11. The van der Waals surface area contributed by atoms with E-state index in [1.54, 1.807) is 7.11 Å². The van der Waals surface area contributed by atoms with Gasteiger partial charge in [-0.1, -0.05) is 0 Å². The van der Waals surface area contributed by atoms with Crippen LogP contribution in [-0.2, 0) is 0 Å². The Hall–Kier alpha value is -2.42. The molecule has 3 rings (SSSR count). The number of nitrogen functional groups attached to an aromatic ring is 2. The fourth-order valence-electron chi connectivity index (χ4n) is 4.45. The van der Waals surface area contributed by atoms with Crippen molar-refractivity contribution in [3.05, 3.63) is 38.9 Å². The molecule has 3 aromatic carbocycles. The molecule has 0 amide bonds. The van der Waals surface area contributed by atoms with E-state index in [0.29, 0.717) is 0 Å². The van der Waals surface area contributed by atoms with Gasteiger partial charge in [-0.05, 0) is 98.2 Å². The maximum absolute atomic E-state index is 6.55. The van der Waals surface area contributed by atoms with E-state index in [2.05, 4.69) is 41.5 Å². The minimum atomic E-state index is 0.834. The summed E-state index contributed by atoms with van der Waals surface area (Å²) in [7, 11) is 1.74. The Bertz CT molecular complexity index is 1060. The highest BCUT2D eigenvalue weighted by molar-refractivity contribution is 6.16. The number of aryl methyl sites for hydroxylation is 4. The first kappa shape index (κ1) is 17.4. The molecule has 0 heterocycles. The van der Waals surface area contributed by atoms with Gasteiger partial charge in [0.1, 0.15) is 5.75 Å². The zero-order valence-electron chi connectivity index (χ0n) is 16.6. The first-order valence-electron chi connectivity index (χ1n) is 8.69. The normalized spacial score (nSPS) is 11.5. The highest BCUT2D eigenvalue weighted by Gasteiger charge is 2.22. The van der Waals surface area contributed by atoms with Crippen molar-refractivity contribution in [3.8, 4) is 5.75 Å². The van der Waals surface area contributed by atoms with Crippen molar-refractivity contribution in [1.29, 1.82) is 0 Å². The summed E-state index contributed by atoms with van der Waals surface area (Å²) in [6.07, 6.45) is 0. The number of fused-ring (bicyclic) bond motifs is 2. The van der Waals surface area contributed by atoms with E-state index in [9.17, 15) is 0 Å². The Morgan fingerprint density at radius 1 is 0.480 bits per heavy atom. The van der Waals surface area contributed by atoms with Crippen LogP contribution < -0.4 is 16.2 Å². The molecule has 0 bridgehead atoms. The molecular formula is C22H28N2O. The molecule has 0 spiro atoms. The fourth-order valence-corrected chi connectivity index (χ4v) is 4.45. The molecule has 3 nitrogen and oxygen atoms in total. The zero-order chi connectivity index (χ0) is 18.8. The predicted octanol–water partition coefficient (Wildman–Crippen LogP) is 5.32. The number of hydrogen-bond donors (Lipinski definition) is 2. The van der Waals surface area contributed by atoms with Crippen LogP contribution in [0, 0.1) is 48.5 Å². The van der Waals surface area contributed by atoms with Crippen LogP contribution in [0.25, 0.3) is 21.5 Å². The molecule has 0 radical (unpaired) electrons. The van der Waals surface area contributed by atoms with Gasteiger partial charge in [-0.25, -0.2) is 0 Å². The quantitative estimate of drug-likeness (QED) is 0.467. The second-order valence-corrected chi connectivity index (χ2v) is 7.24. The van der Waals surface area contributed by atoms with Crippen molar-refractivity contribution in [2.75, 3.05) is 18.6 Å². The summed E-state index contributed by atoms with van der Waals surface area (Å²) >= 11 is 0. The van der Waals surface area contributed by atoms with Gasteiger partial charge in [-0.15, -0.1) is 0 Å². The summed E-state index contributed by atoms with van der Waals surface area (Å²) in [4.78, 5) is 0. The zero-order valence-corrected chi connectivity index (χ0v) is 16.6. The van der Waals surface area contributed by atoms with E-state index >= 15 is 0 Å². The van der Waals surface area contributed by atoms with Gasteiger partial charge in [-0.2, -0.15) is 0 Å². The van der Waals surface area contributed by atoms with Gasteiger partial charge in [0.15, 0.2) is 0 Å². The molecule has 25 heavy (non-hydrogen) atoms. The topological polar surface area (TPSA) is 61.3 Å². The Labute approximate surface area is 150 Å². The first-order valence-corrected chi connectivity index (χ1v) is 8.69. The molecule has 0 aliphatic carbocycles. The van der Waals surface area contributed by atoms with Crippen molar-refractivity contribution < 1.29 is 4.74 Å². The fraction of sp³-hybridized carbons (Fsp3) is 0.364. The molecule has 0 aromatic heterocycles. The van der Waals surface area contributed by atoms with E-state index in [4.69, 9.17) is 16.2 Å². The van der Waals surface area contributed by atoms with Gasteiger partial charge in [0.25, 0.3) is 0 Å². The van der Waals surface area contributed by atoms with Crippen molar-refractivity contribution in [2.24, 2.45) is 0 Å². The van der Waals surface area contributed by atoms with Gasteiger partial charge in [-0.3, -0.25) is 0 Å². The lowest BCUT2D eigenvalue weighted by atomic mass is 9.83. The van der Waals surface area contributed by atoms with Gasteiger partial charge >= 0.3 is 0 Å². The largest absolute Gasteiger partial charge is 0.496 e. The Morgan fingerprint density at radius 2 is 0.880 bits per heavy atom. The predicted molar refractivity (Wildman–Crippen MR) is 110 cm³/mol. The number of hydrogen-bond acceptors (Lipinski definition) is 3. The van der Waals surface area contributed by atoms with Crippen LogP contribution in [-0.4, -0.2) is 7.11 Å². The molecule has 0 fully saturated rings. The van der Waals surface area contributed by atoms with Crippen LogP contribution >= 0.6 is 0 Å². The summed E-state index contributed by atoms with van der Waals surface area (Å²) in [5.41, 5.74) is 22.9. The van der Waals surface area contributed by atoms with Gasteiger partial charge in [0.05, 0.1) is 7.11 Å². The van der Waals surface area contributed by atoms with E-state index in [1.165, 1.54) is 38.6 Å². The van der Waals surface area contributed by atoms with Crippen LogP contribution in [0.1, 0.15) is 38.9 Å². The van der Waals surface area contributed by atoms with E-state index in [0.717, 1.165) is 39.0 Å². The highest BCUT2D eigenvalue weighted by atomic mass is 16.5. The number of benzene rings is 3. The summed E-state index contributed by atoms with van der Waals surface area (Å²) in [5.74, 6) is 0.960. The minimum Gasteiger partial charge on any atom is -0.496 e. The van der Waals surface area contributed by atoms with E-state index in [-0.39, 0.29) is 0 Å². The molecule has 0 unspecified atom stereocenters. The molecule has 0 saturated heterocycles. The van der Waals surface area contributed by atoms with Crippen LogP contribution in [0.4, 0.5) is 11.4 Å². The lowest BCUT2D eigenvalue weighted by Gasteiger charge is -2.24. The van der Waals surface area contributed by atoms with Crippen molar-refractivity contribution >= 4 is 32.9 Å². The third kappa shape index (κ3) is 2.05. The smallest absolute Gasteiger partial charge is 0.125 e. The van der Waals surface area contributed by atoms with Crippen molar-refractivity contribution in [1.82, 2.24) is 0 Å². The minimum absolute atomic E-state index is 0.834. The highest BCUT2D eigenvalue weighted by Crippen LogP contribution is 2.46. The number of anilines is 2. The second-order valence-electron chi connectivity index (χ2n) is 7.24. The average molecular weight is 336 g/mol. The lowest BCUT2D eigenvalue weighted by Crippen LogP contribution is -2.05. The van der Waals surface area contributed by atoms with Crippen LogP contribution in [0.15, 0.2) is 0 Å². The number of methoxy groups -OCH3 is 1. The summed E-state index contributed by atoms with van der Waals surface area (Å²) < 4.78 is 5.71. The van der Waals surface area contributed by atoms with Gasteiger partial charge < -0.3 is 16.2 Å². The Balaban J connectivity index is 2.79. The van der Waals surface area contributed by atoms with Gasteiger partial charge in [0, 0.05) is 22.1 Å². The summed E-state index contributed by atoms with van der Waals surface area (Å²) in [6.45, 7) is 14.8. The van der Waals surface area contributed by atoms with Crippen molar-refractivity contribution in [3.63, 3.8) is 0 Å². The molecule has 0 aliphatic rings. The maximum atomic E-state index is 6.55. The molecule has 0 aliphatic heterocycles. The van der Waals surface area contributed by atoms with Crippen molar-refractivity contribution in [2.45, 2.75) is 48.5 Å². The molecular weight excluding hydrogens is 308 g/mol. The van der Waals surface area contributed by atoms with Crippen LogP contribution in [0.5, 0.6) is 5.75 Å². The Kier molecular flexibility index (Phi) is 3.86. The molecule has 0 saturated carbocycles. The average Bonchev–Trinajstić information content (AvgIpc) is 2.57. The van der Waals surface area contributed by atoms with E-state index < -0.39 is 0 Å². The second kappa shape index (κ2) is 5.55. The molecule has 132 valence electrons. The van der Waals surface area contributed by atoms with Crippen LogP contribution in [0.2, 0.25) is 0 Å². The van der Waals surface area contributed by atoms with E-state index in [1.807, 2.05) is 6.92 Å².